The van der Waals surface area contributed by atoms with Crippen molar-refractivity contribution in [1.29, 1.82) is 0 Å². The zero-order valence-corrected chi connectivity index (χ0v) is 20.3. The summed E-state index contributed by atoms with van der Waals surface area (Å²) in [6.45, 7) is 0. The maximum Gasteiger partial charge on any atom is 0.299 e. The Kier molecular flexibility index (Phi) is 5.82. The van der Waals surface area contributed by atoms with Gasteiger partial charge < -0.3 is 0 Å². The molecular weight excluding hydrogens is 515 g/mol. The molecule has 0 spiro atoms. The van der Waals surface area contributed by atoms with Gasteiger partial charge in [0.05, 0.1) is 15.7 Å². The third-order valence-electron chi connectivity index (χ3n) is 4.85. The monoisotopic (exact) mass is 528 g/mol. The first-order valence-corrected chi connectivity index (χ1v) is 12.5. The van der Waals surface area contributed by atoms with E-state index in [1.165, 1.54) is 16.6 Å². The lowest BCUT2D eigenvalue weighted by molar-refractivity contribution is 0.591. The van der Waals surface area contributed by atoms with Crippen LogP contribution in [0.3, 0.4) is 0 Å². The maximum absolute atomic E-state index is 13.1. The van der Waals surface area contributed by atoms with Crippen LogP contribution in [0, 0.1) is 4.77 Å². The molecule has 8 nitrogen and oxygen atoms in total. The predicted octanol–water partition coefficient (Wildman–Crippen LogP) is 5.42. The summed E-state index contributed by atoms with van der Waals surface area (Å²) in [6, 6.07) is 23.4. The molecule has 5 rings (SSSR count). The zero-order chi connectivity index (χ0) is 23.9. The molecule has 0 radical (unpaired) electrons. The van der Waals surface area contributed by atoms with Gasteiger partial charge in [-0.2, -0.15) is 22.9 Å². The Labute approximate surface area is 209 Å². The van der Waals surface area contributed by atoms with Crippen molar-refractivity contribution in [2.24, 2.45) is 0 Å². The van der Waals surface area contributed by atoms with E-state index in [1.807, 2.05) is 60.7 Å². The van der Waals surface area contributed by atoms with Crippen molar-refractivity contribution in [2.45, 2.75) is 5.16 Å². The molecule has 0 aliphatic heterocycles. The summed E-state index contributed by atoms with van der Waals surface area (Å²) >= 11 is 17.9. The molecule has 1 N–H and O–H groups in total. The summed E-state index contributed by atoms with van der Waals surface area (Å²) in [7, 11) is -4.25. The van der Waals surface area contributed by atoms with Gasteiger partial charge in [-0.05, 0) is 36.5 Å². The number of benzene rings is 3. The van der Waals surface area contributed by atoms with Crippen LogP contribution < -0.4 is 4.72 Å². The number of para-hydroxylation sites is 2. The normalized spacial score (nSPS) is 11.6. The highest BCUT2D eigenvalue weighted by atomic mass is 35.5. The second-order valence-corrected chi connectivity index (χ2v) is 9.82. The van der Waals surface area contributed by atoms with Crippen LogP contribution in [0.2, 0.25) is 10.0 Å². The number of nitrogens with zero attached hydrogens (tertiary/aromatic N) is 5. The van der Waals surface area contributed by atoms with Crippen molar-refractivity contribution in [3.05, 3.63) is 93.7 Å². The lowest BCUT2D eigenvalue weighted by Gasteiger charge is -2.13. The Balaban J connectivity index is 1.71. The molecule has 0 aliphatic rings. The molecule has 5 aromatic rings. The number of sulfonamides is 1. The lowest BCUT2D eigenvalue weighted by atomic mass is 10.2. The SMILES string of the molecule is O=S(=O)(Nc1c(Cl)cccc1Cl)c1nc2nc(-c3ccccc3)n(-c3ccccc3)c(=S)n2n1. The number of anilines is 1. The Hall–Kier alpha value is -3.31. The van der Waals surface area contributed by atoms with Crippen LogP contribution >= 0.6 is 35.4 Å². The molecule has 2 aromatic heterocycles. The quantitative estimate of drug-likeness (QED) is 0.306. The van der Waals surface area contributed by atoms with Gasteiger partial charge in [0.1, 0.15) is 0 Å². The van der Waals surface area contributed by atoms with E-state index < -0.39 is 15.2 Å². The van der Waals surface area contributed by atoms with Crippen LogP contribution in [-0.4, -0.2) is 32.6 Å². The van der Waals surface area contributed by atoms with Gasteiger partial charge in [-0.15, -0.1) is 5.10 Å². The van der Waals surface area contributed by atoms with Gasteiger partial charge in [-0.1, -0.05) is 77.8 Å². The van der Waals surface area contributed by atoms with E-state index in [1.54, 1.807) is 10.6 Å². The van der Waals surface area contributed by atoms with E-state index in [4.69, 9.17) is 35.4 Å². The number of fused-ring (bicyclic) bond motifs is 1. The van der Waals surface area contributed by atoms with Gasteiger partial charge >= 0.3 is 0 Å². The average molecular weight is 529 g/mol. The van der Waals surface area contributed by atoms with Crippen molar-refractivity contribution in [1.82, 2.24) is 24.1 Å². The van der Waals surface area contributed by atoms with Crippen molar-refractivity contribution in [3.8, 4) is 17.1 Å². The summed E-state index contributed by atoms with van der Waals surface area (Å²) in [5.74, 6) is 0.518. The van der Waals surface area contributed by atoms with Gasteiger partial charge in [-0.3, -0.25) is 9.29 Å². The fourth-order valence-corrected chi connectivity index (χ4v) is 5.19. The number of hydrogen-bond acceptors (Lipinski definition) is 6. The molecule has 12 heteroatoms. The maximum atomic E-state index is 13.1. The van der Waals surface area contributed by atoms with Crippen LogP contribution in [0.5, 0.6) is 0 Å². The Morgan fingerprint density at radius 2 is 1.44 bits per heavy atom. The van der Waals surface area contributed by atoms with E-state index in [9.17, 15) is 8.42 Å². The first kappa shape index (κ1) is 22.5. The Bertz CT molecular complexity index is 1670. The summed E-state index contributed by atoms with van der Waals surface area (Å²) < 4.78 is 31.6. The highest BCUT2D eigenvalue weighted by molar-refractivity contribution is 7.92. The van der Waals surface area contributed by atoms with E-state index in [0.717, 1.165) is 11.3 Å². The van der Waals surface area contributed by atoms with Crippen molar-refractivity contribution in [3.63, 3.8) is 0 Å². The van der Waals surface area contributed by atoms with Gasteiger partial charge in [0, 0.05) is 11.3 Å². The summed E-state index contributed by atoms with van der Waals surface area (Å²) in [5, 5.41) is 3.89. The molecular formula is C22H14Cl2N6O2S2. The van der Waals surface area contributed by atoms with Crippen LogP contribution in [-0.2, 0) is 10.0 Å². The third-order valence-corrected chi connectivity index (χ3v) is 6.96. The van der Waals surface area contributed by atoms with Gasteiger partial charge in [0.2, 0.25) is 4.77 Å². The van der Waals surface area contributed by atoms with Crippen LogP contribution in [0.1, 0.15) is 0 Å². The van der Waals surface area contributed by atoms with Crippen LogP contribution in [0.4, 0.5) is 5.69 Å². The largest absolute Gasteiger partial charge is 0.299 e. The first-order valence-electron chi connectivity index (χ1n) is 9.83. The second-order valence-electron chi connectivity index (χ2n) is 7.06. The number of rotatable bonds is 5. The standard InChI is InChI=1S/C22H14Cl2N6O2S2/c23-16-12-7-13-17(24)18(16)28-34(31,32)21-26-20-25-19(14-8-3-1-4-9-14)29(22(33)30(20)27-21)15-10-5-2-6-11-15/h1-13,28H. The minimum absolute atomic E-state index is 0.0283. The van der Waals surface area contributed by atoms with E-state index in [2.05, 4.69) is 19.8 Å². The van der Waals surface area contributed by atoms with Gasteiger partial charge in [0.25, 0.3) is 21.0 Å². The molecule has 3 aromatic carbocycles. The number of nitrogens with one attached hydrogen (secondary N) is 1. The van der Waals surface area contributed by atoms with E-state index in [0.29, 0.717) is 5.82 Å². The molecule has 0 unspecified atom stereocenters. The third kappa shape index (κ3) is 4.05. The van der Waals surface area contributed by atoms with Crippen molar-refractivity contribution >= 4 is 56.9 Å². The number of aromatic nitrogens is 5. The van der Waals surface area contributed by atoms with Gasteiger partial charge in [0.15, 0.2) is 5.82 Å². The highest BCUT2D eigenvalue weighted by Crippen LogP contribution is 2.31. The molecule has 0 fully saturated rings. The first-order chi connectivity index (χ1) is 16.3. The zero-order valence-electron chi connectivity index (χ0n) is 17.1. The molecule has 0 saturated carbocycles. The fraction of sp³-hybridized carbons (Fsp3) is 0. The smallest absolute Gasteiger partial charge is 0.274 e. The summed E-state index contributed by atoms with van der Waals surface area (Å²) in [5.41, 5.74) is 1.54. The average Bonchev–Trinajstić information content (AvgIpc) is 3.28. The summed E-state index contributed by atoms with van der Waals surface area (Å²) in [4.78, 5) is 8.75. The minimum Gasteiger partial charge on any atom is -0.274 e. The second kappa shape index (κ2) is 8.80. The number of hydrogen-bond donors (Lipinski definition) is 1. The van der Waals surface area contributed by atoms with Crippen LogP contribution in [0.25, 0.3) is 22.9 Å². The summed E-state index contributed by atoms with van der Waals surface area (Å²) in [6.07, 6.45) is 0. The topological polar surface area (TPSA) is 94.2 Å². The van der Waals surface area contributed by atoms with E-state index in [-0.39, 0.29) is 26.3 Å². The Morgan fingerprint density at radius 1 is 0.824 bits per heavy atom. The predicted molar refractivity (Wildman–Crippen MR) is 134 cm³/mol. The molecule has 0 bridgehead atoms. The lowest BCUT2D eigenvalue weighted by Crippen LogP contribution is -2.15. The fourth-order valence-electron chi connectivity index (χ4n) is 3.30. The molecule has 2 heterocycles. The van der Waals surface area contributed by atoms with Crippen molar-refractivity contribution < 1.29 is 8.42 Å². The molecule has 34 heavy (non-hydrogen) atoms. The molecule has 170 valence electrons. The number of halogens is 2. The molecule has 0 saturated heterocycles. The minimum atomic E-state index is -4.25. The molecule has 0 atom stereocenters. The van der Waals surface area contributed by atoms with E-state index >= 15 is 0 Å². The van der Waals surface area contributed by atoms with Crippen LogP contribution in [0.15, 0.2) is 84.0 Å². The molecule has 0 amide bonds. The highest BCUT2D eigenvalue weighted by Gasteiger charge is 2.25. The Morgan fingerprint density at radius 3 is 2.09 bits per heavy atom. The molecule has 0 aliphatic carbocycles. The van der Waals surface area contributed by atoms with Gasteiger partial charge in [-0.25, -0.2) is 0 Å². The van der Waals surface area contributed by atoms with Crippen molar-refractivity contribution in [2.75, 3.05) is 4.72 Å².